The number of aromatic nitrogens is 2. The molecule has 6 heteroatoms. The minimum atomic E-state index is 0.374. The fraction of sp³-hybridized carbons (Fsp3) is 0.200. The van der Waals surface area contributed by atoms with E-state index in [0.717, 1.165) is 53.0 Å². The topological polar surface area (TPSA) is 62.6 Å². The van der Waals surface area contributed by atoms with Crippen LogP contribution in [-0.4, -0.2) is 37.2 Å². The fourth-order valence-corrected chi connectivity index (χ4v) is 4.89. The van der Waals surface area contributed by atoms with Gasteiger partial charge in [0.25, 0.3) is 0 Å². The van der Waals surface area contributed by atoms with E-state index >= 15 is 0 Å². The Morgan fingerprint density at radius 3 is 2.19 bits per heavy atom. The molecule has 3 aromatic carbocycles. The van der Waals surface area contributed by atoms with Crippen molar-refractivity contribution in [2.75, 3.05) is 21.3 Å². The third-order valence-electron chi connectivity index (χ3n) is 6.52. The summed E-state index contributed by atoms with van der Waals surface area (Å²) < 4.78 is 19.0. The molecule has 0 amide bonds. The van der Waals surface area contributed by atoms with Crippen molar-refractivity contribution in [2.24, 2.45) is 0 Å². The summed E-state index contributed by atoms with van der Waals surface area (Å²) in [7, 11) is 4.76. The molecule has 0 aliphatic rings. The number of benzene rings is 3. The van der Waals surface area contributed by atoms with Crippen molar-refractivity contribution in [2.45, 2.75) is 19.4 Å². The molecular formula is C30H28N2O4. The van der Waals surface area contributed by atoms with E-state index in [9.17, 15) is 4.79 Å². The Morgan fingerprint density at radius 2 is 1.53 bits per heavy atom. The normalized spacial score (nSPS) is 11.1. The average Bonchev–Trinajstić information content (AvgIpc) is 3.25. The summed E-state index contributed by atoms with van der Waals surface area (Å²) in [6, 6.07) is 24.4. The SMILES string of the molecule is COc1cc(-c2nc(C=O)cc3c4ccccc4n(CCCc4ccccc4)c23)cc(OC)c1OC. The monoisotopic (exact) mass is 480 g/mol. The summed E-state index contributed by atoms with van der Waals surface area (Å²) in [5.41, 5.74) is 5.25. The number of hydrogen-bond donors (Lipinski definition) is 0. The van der Waals surface area contributed by atoms with Gasteiger partial charge in [0, 0.05) is 28.4 Å². The number of aldehydes is 1. The minimum Gasteiger partial charge on any atom is -0.493 e. The largest absolute Gasteiger partial charge is 0.493 e. The quantitative estimate of drug-likeness (QED) is 0.231. The van der Waals surface area contributed by atoms with Crippen molar-refractivity contribution in [1.29, 1.82) is 0 Å². The summed E-state index contributed by atoms with van der Waals surface area (Å²) in [6.07, 6.45) is 2.72. The maximum Gasteiger partial charge on any atom is 0.203 e. The van der Waals surface area contributed by atoms with Crippen LogP contribution in [0, 0.1) is 0 Å². The second kappa shape index (κ2) is 10.1. The molecule has 0 saturated heterocycles. The third kappa shape index (κ3) is 4.15. The Balaban J connectivity index is 1.73. The molecule has 0 N–H and O–H groups in total. The molecule has 0 unspecified atom stereocenters. The number of para-hydroxylation sites is 1. The van der Waals surface area contributed by atoms with Gasteiger partial charge >= 0.3 is 0 Å². The molecular weight excluding hydrogens is 452 g/mol. The van der Waals surface area contributed by atoms with Crippen LogP contribution < -0.4 is 14.2 Å². The molecule has 0 radical (unpaired) electrons. The molecule has 0 saturated carbocycles. The van der Waals surface area contributed by atoms with Gasteiger partial charge in [-0.3, -0.25) is 4.79 Å². The van der Waals surface area contributed by atoms with E-state index in [1.165, 1.54) is 5.56 Å². The number of ether oxygens (including phenoxy) is 3. The molecule has 0 bridgehead atoms. The van der Waals surface area contributed by atoms with Crippen LogP contribution in [0.5, 0.6) is 17.2 Å². The van der Waals surface area contributed by atoms with Crippen molar-refractivity contribution >= 4 is 28.1 Å². The van der Waals surface area contributed by atoms with Crippen LogP contribution in [0.3, 0.4) is 0 Å². The predicted octanol–water partition coefficient (Wildman–Crippen LogP) is 6.33. The van der Waals surface area contributed by atoms with Gasteiger partial charge in [-0.15, -0.1) is 0 Å². The highest BCUT2D eigenvalue weighted by Gasteiger charge is 2.21. The summed E-state index contributed by atoms with van der Waals surface area (Å²) in [5.74, 6) is 1.57. The molecule has 5 aromatic rings. The summed E-state index contributed by atoms with van der Waals surface area (Å²) in [4.78, 5) is 16.7. The van der Waals surface area contributed by atoms with Crippen molar-refractivity contribution < 1.29 is 19.0 Å². The van der Waals surface area contributed by atoms with E-state index in [1.807, 2.05) is 36.4 Å². The van der Waals surface area contributed by atoms with Crippen LogP contribution in [0.2, 0.25) is 0 Å². The first-order valence-corrected chi connectivity index (χ1v) is 11.9. The summed E-state index contributed by atoms with van der Waals surface area (Å²) in [6.45, 7) is 0.804. The van der Waals surface area contributed by atoms with Crippen LogP contribution in [0.25, 0.3) is 33.1 Å². The second-order valence-electron chi connectivity index (χ2n) is 8.58. The maximum absolute atomic E-state index is 11.9. The molecule has 2 heterocycles. The van der Waals surface area contributed by atoms with Crippen LogP contribution in [0.1, 0.15) is 22.5 Å². The third-order valence-corrected chi connectivity index (χ3v) is 6.52. The lowest BCUT2D eigenvalue weighted by Gasteiger charge is -2.16. The first-order chi connectivity index (χ1) is 17.7. The molecule has 0 spiro atoms. The molecule has 5 rings (SSSR count). The molecule has 6 nitrogen and oxygen atoms in total. The zero-order valence-corrected chi connectivity index (χ0v) is 20.7. The highest BCUT2D eigenvalue weighted by molar-refractivity contribution is 6.13. The number of carbonyl (C=O) groups excluding carboxylic acids is 1. The number of nitrogens with zero attached hydrogens (tertiary/aromatic N) is 2. The number of methoxy groups -OCH3 is 3. The Labute approximate surface area is 210 Å². The van der Waals surface area contributed by atoms with E-state index in [1.54, 1.807) is 21.3 Å². The zero-order valence-electron chi connectivity index (χ0n) is 20.7. The number of aryl methyl sites for hydroxylation is 2. The van der Waals surface area contributed by atoms with Gasteiger partial charge in [-0.2, -0.15) is 0 Å². The van der Waals surface area contributed by atoms with Gasteiger partial charge in [-0.1, -0.05) is 48.5 Å². The number of carbonyl (C=O) groups is 1. The van der Waals surface area contributed by atoms with Crippen molar-refractivity contribution in [3.05, 3.63) is 84.1 Å². The van der Waals surface area contributed by atoms with E-state index in [0.29, 0.717) is 28.6 Å². The zero-order chi connectivity index (χ0) is 25.1. The standard InChI is InChI=1S/C30H28N2O4/c1-34-26-16-21(17-27(35-2)30(26)36-3)28-29-24(18-22(19-33)31-28)23-13-7-8-14-25(23)32(29)15-9-12-20-10-5-4-6-11-20/h4-8,10-11,13-14,16-19H,9,12,15H2,1-3H3. The summed E-state index contributed by atoms with van der Waals surface area (Å²) >= 11 is 0. The van der Waals surface area contributed by atoms with Crippen molar-refractivity contribution in [3.8, 4) is 28.5 Å². The van der Waals surface area contributed by atoms with E-state index in [-0.39, 0.29) is 0 Å². The molecule has 36 heavy (non-hydrogen) atoms. The average molecular weight is 481 g/mol. The lowest BCUT2D eigenvalue weighted by molar-refractivity contribution is 0.111. The first-order valence-electron chi connectivity index (χ1n) is 11.9. The van der Waals surface area contributed by atoms with Gasteiger partial charge in [-0.05, 0) is 42.7 Å². The number of rotatable bonds is 9. The molecule has 2 aromatic heterocycles. The van der Waals surface area contributed by atoms with Crippen LogP contribution in [0.4, 0.5) is 0 Å². The number of hydrogen-bond acceptors (Lipinski definition) is 5. The van der Waals surface area contributed by atoms with Gasteiger partial charge in [0.15, 0.2) is 17.8 Å². The lowest BCUT2D eigenvalue weighted by Crippen LogP contribution is -2.03. The summed E-state index contributed by atoms with van der Waals surface area (Å²) in [5, 5.41) is 2.08. The molecule has 0 aliphatic heterocycles. The fourth-order valence-electron chi connectivity index (χ4n) is 4.89. The van der Waals surface area contributed by atoms with Crippen LogP contribution in [0.15, 0.2) is 72.8 Å². The smallest absolute Gasteiger partial charge is 0.203 e. The number of fused-ring (bicyclic) bond motifs is 3. The van der Waals surface area contributed by atoms with E-state index in [4.69, 9.17) is 19.2 Å². The number of pyridine rings is 1. The molecule has 0 fully saturated rings. The van der Waals surface area contributed by atoms with Gasteiger partial charge in [0.2, 0.25) is 5.75 Å². The molecule has 182 valence electrons. The molecule has 0 atom stereocenters. The Morgan fingerprint density at radius 1 is 0.833 bits per heavy atom. The highest BCUT2D eigenvalue weighted by Crippen LogP contribution is 2.43. The Hall–Kier alpha value is -4.32. The van der Waals surface area contributed by atoms with Crippen molar-refractivity contribution in [3.63, 3.8) is 0 Å². The minimum absolute atomic E-state index is 0.374. The highest BCUT2D eigenvalue weighted by atomic mass is 16.5. The maximum atomic E-state index is 11.9. The van der Waals surface area contributed by atoms with E-state index in [2.05, 4.69) is 41.0 Å². The van der Waals surface area contributed by atoms with Crippen LogP contribution >= 0.6 is 0 Å². The first kappa shape index (κ1) is 23.4. The van der Waals surface area contributed by atoms with Crippen LogP contribution in [-0.2, 0) is 13.0 Å². The Kier molecular flexibility index (Phi) is 6.58. The van der Waals surface area contributed by atoms with E-state index < -0.39 is 0 Å². The van der Waals surface area contributed by atoms with Gasteiger partial charge in [0.1, 0.15) is 5.69 Å². The van der Waals surface area contributed by atoms with Gasteiger partial charge < -0.3 is 18.8 Å². The Bertz CT molecular complexity index is 1510. The second-order valence-corrected chi connectivity index (χ2v) is 8.58. The molecule has 0 aliphatic carbocycles. The van der Waals surface area contributed by atoms with Crippen molar-refractivity contribution in [1.82, 2.24) is 9.55 Å². The lowest BCUT2D eigenvalue weighted by atomic mass is 10.1. The predicted molar refractivity (Wildman–Crippen MR) is 142 cm³/mol. The van der Waals surface area contributed by atoms with Gasteiger partial charge in [-0.25, -0.2) is 4.98 Å². The van der Waals surface area contributed by atoms with Gasteiger partial charge in [0.05, 0.1) is 32.5 Å².